The number of nitrogens with one attached hydrogen (secondary N) is 1. The second-order valence-electron chi connectivity index (χ2n) is 5.55. The van der Waals surface area contributed by atoms with E-state index in [9.17, 15) is 4.79 Å². The van der Waals surface area contributed by atoms with Gasteiger partial charge in [-0.2, -0.15) is 0 Å². The molecule has 2 atom stereocenters. The molecule has 1 fully saturated rings. The quantitative estimate of drug-likeness (QED) is 0.762. The smallest absolute Gasteiger partial charge is 0.407 e. The lowest BCUT2D eigenvalue weighted by Crippen LogP contribution is -2.31. The van der Waals surface area contributed by atoms with Crippen molar-refractivity contribution in [3.63, 3.8) is 0 Å². The average Bonchev–Trinajstić information content (AvgIpc) is 2.82. The largest absolute Gasteiger partial charge is 0.446 e. The van der Waals surface area contributed by atoms with Gasteiger partial charge in [0.1, 0.15) is 6.10 Å². The van der Waals surface area contributed by atoms with Gasteiger partial charge in [0.15, 0.2) is 0 Å². The van der Waals surface area contributed by atoms with E-state index in [4.69, 9.17) is 4.74 Å². The van der Waals surface area contributed by atoms with Crippen LogP contribution in [0.4, 0.5) is 4.79 Å². The summed E-state index contributed by atoms with van der Waals surface area (Å²) >= 11 is 0. The number of ether oxygens (including phenoxy) is 1. The Morgan fingerprint density at radius 1 is 1.53 bits per heavy atom. The highest BCUT2D eigenvalue weighted by atomic mass is 16.6. The Labute approximate surface area is 104 Å². The van der Waals surface area contributed by atoms with Gasteiger partial charge < -0.3 is 10.1 Å². The monoisotopic (exact) mass is 237 g/mol. The van der Waals surface area contributed by atoms with Crippen molar-refractivity contribution in [3.8, 4) is 0 Å². The molecule has 96 valence electrons. The van der Waals surface area contributed by atoms with Crippen LogP contribution in [0.3, 0.4) is 0 Å². The van der Waals surface area contributed by atoms with Crippen molar-refractivity contribution in [3.05, 3.63) is 11.6 Å². The third kappa shape index (κ3) is 3.24. The van der Waals surface area contributed by atoms with Gasteiger partial charge >= 0.3 is 6.09 Å². The van der Waals surface area contributed by atoms with E-state index in [1.54, 1.807) is 0 Å². The minimum absolute atomic E-state index is 0.128. The normalized spacial score (nSPS) is 26.9. The topological polar surface area (TPSA) is 38.3 Å². The van der Waals surface area contributed by atoms with E-state index < -0.39 is 0 Å². The summed E-state index contributed by atoms with van der Waals surface area (Å²) in [4.78, 5) is 11.6. The first kappa shape index (κ1) is 12.5. The lowest BCUT2D eigenvalue weighted by molar-refractivity contribution is 0.0796. The lowest BCUT2D eigenvalue weighted by atomic mass is 10.0. The molecule has 0 bridgehead atoms. The first-order valence-electron chi connectivity index (χ1n) is 6.80. The Kier molecular flexibility index (Phi) is 4.08. The van der Waals surface area contributed by atoms with E-state index in [0.29, 0.717) is 11.8 Å². The summed E-state index contributed by atoms with van der Waals surface area (Å²) in [5.41, 5.74) is 1.52. The molecule has 2 rings (SSSR count). The molecule has 0 heterocycles. The van der Waals surface area contributed by atoms with Crippen molar-refractivity contribution in [2.45, 2.75) is 52.1 Å². The predicted octanol–water partition coefficient (Wildman–Crippen LogP) is 3.26. The lowest BCUT2D eigenvalue weighted by Gasteiger charge is -2.18. The number of carbonyl (C=O) groups is 1. The van der Waals surface area contributed by atoms with Gasteiger partial charge in [0.2, 0.25) is 0 Å². The minimum Gasteiger partial charge on any atom is -0.446 e. The molecule has 2 unspecified atom stereocenters. The number of fused-ring (bicyclic) bond motifs is 1. The zero-order valence-electron chi connectivity index (χ0n) is 10.9. The van der Waals surface area contributed by atoms with E-state index >= 15 is 0 Å². The maximum atomic E-state index is 11.6. The highest BCUT2D eigenvalue weighted by Crippen LogP contribution is 2.41. The molecule has 0 aromatic rings. The maximum Gasteiger partial charge on any atom is 0.407 e. The van der Waals surface area contributed by atoms with Crippen LogP contribution in [0.5, 0.6) is 0 Å². The third-order valence-corrected chi connectivity index (χ3v) is 3.78. The number of hydrogen-bond donors (Lipinski definition) is 1. The van der Waals surface area contributed by atoms with E-state index in [2.05, 4.69) is 25.2 Å². The molecular formula is C14H23NO2. The first-order valence-corrected chi connectivity index (χ1v) is 6.80. The van der Waals surface area contributed by atoms with Gasteiger partial charge in [-0.3, -0.25) is 0 Å². The molecule has 17 heavy (non-hydrogen) atoms. The summed E-state index contributed by atoms with van der Waals surface area (Å²) < 4.78 is 5.52. The molecule has 0 aromatic carbocycles. The summed E-state index contributed by atoms with van der Waals surface area (Å²) in [6.07, 6.45) is 7.68. The second-order valence-corrected chi connectivity index (χ2v) is 5.55. The van der Waals surface area contributed by atoms with Gasteiger partial charge in [-0.15, -0.1) is 0 Å². The van der Waals surface area contributed by atoms with Gasteiger partial charge in [0.05, 0.1) is 0 Å². The molecule has 1 N–H and O–H groups in total. The van der Waals surface area contributed by atoms with Crippen molar-refractivity contribution in [1.82, 2.24) is 5.32 Å². The van der Waals surface area contributed by atoms with Crippen molar-refractivity contribution in [2.75, 3.05) is 6.54 Å². The van der Waals surface area contributed by atoms with Gasteiger partial charge in [-0.05, 0) is 38.0 Å². The number of rotatable bonds is 4. The zero-order valence-corrected chi connectivity index (χ0v) is 10.9. The van der Waals surface area contributed by atoms with E-state index in [1.807, 2.05) is 0 Å². The number of carbonyl (C=O) groups excluding carboxylic acids is 1. The average molecular weight is 237 g/mol. The third-order valence-electron chi connectivity index (χ3n) is 3.78. The van der Waals surface area contributed by atoms with Crippen LogP contribution in [0.2, 0.25) is 0 Å². The number of hydrogen-bond acceptors (Lipinski definition) is 2. The van der Waals surface area contributed by atoms with Crippen molar-refractivity contribution >= 4 is 6.09 Å². The van der Waals surface area contributed by atoms with Crippen LogP contribution in [0.25, 0.3) is 0 Å². The minimum atomic E-state index is -0.233. The summed E-state index contributed by atoms with van der Waals surface area (Å²) in [6, 6.07) is 0. The van der Waals surface area contributed by atoms with Gasteiger partial charge in [0, 0.05) is 12.5 Å². The van der Waals surface area contributed by atoms with E-state index in [1.165, 1.54) is 12.0 Å². The molecule has 0 aliphatic heterocycles. The fraction of sp³-hybridized carbons (Fsp3) is 0.786. The summed E-state index contributed by atoms with van der Waals surface area (Å²) in [7, 11) is 0. The standard InChI is InChI=1S/C14H23NO2/c1-10(2)8-9-15-14(16)17-13-7-6-11-4-3-5-12(11)13/h4,10,12-13H,3,5-9H2,1-2H3,(H,15,16). The van der Waals surface area contributed by atoms with Gasteiger partial charge in [-0.1, -0.05) is 25.5 Å². The fourth-order valence-corrected chi connectivity index (χ4v) is 2.79. The zero-order chi connectivity index (χ0) is 12.3. The number of allylic oxidation sites excluding steroid dienone is 1. The van der Waals surface area contributed by atoms with Crippen LogP contribution >= 0.6 is 0 Å². The van der Waals surface area contributed by atoms with Crippen LogP contribution in [0.15, 0.2) is 11.6 Å². The SMILES string of the molecule is CC(C)CCNC(=O)OC1CCC2=CCCC21. The van der Waals surface area contributed by atoms with Gasteiger partial charge in [-0.25, -0.2) is 4.79 Å². The molecule has 0 saturated heterocycles. The molecule has 3 heteroatoms. The van der Waals surface area contributed by atoms with E-state index in [-0.39, 0.29) is 12.2 Å². The van der Waals surface area contributed by atoms with Crippen molar-refractivity contribution in [1.29, 1.82) is 0 Å². The molecule has 2 aliphatic rings. The van der Waals surface area contributed by atoms with Crippen LogP contribution in [-0.2, 0) is 4.74 Å². The second kappa shape index (κ2) is 5.56. The molecule has 1 amide bonds. The summed E-state index contributed by atoms with van der Waals surface area (Å²) in [5.74, 6) is 1.14. The maximum absolute atomic E-state index is 11.6. The molecule has 0 radical (unpaired) electrons. The Morgan fingerprint density at radius 2 is 2.35 bits per heavy atom. The Morgan fingerprint density at radius 3 is 3.12 bits per heavy atom. The van der Waals surface area contributed by atoms with Crippen LogP contribution in [-0.4, -0.2) is 18.7 Å². The van der Waals surface area contributed by atoms with Crippen LogP contribution in [0, 0.1) is 11.8 Å². The molecular weight excluding hydrogens is 214 g/mol. The number of amides is 1. The first-order chi connectivity index (χ1) is 8.16. The highest BCUT2D eigenvalue weighted by molar-refractivity contribution is 5.67. The van der Waals surface area contributed by atoms with E-state index in [0.717, 1.165) is 32.2 Å². The van der Waals surface area contributed by atoms with Crippen molar-refractivity contribution < 1.29 is 9.53 Å². The predicted molar refractivity (Wildman–Crippen MR) is 67.8 cm³/mol. The Balaban J connectivity index is 1.70. The fourth-order valence-electron chi connectivity index (χ4n) is 2.79. The molecule has 0 aromatic heterocycles. The summed E-state index contributed by atoms with van der Waals surface area (Å²) in [6.45, 7) is 5.02. The van der Waals surface area contributed by atoms with Crippen LogP contribution in [0.1, 0.15) is 46.0 Å². The Bertz CT molecular complexity index is 309. The number of alkyl carbamates (subject to hydrolysis) is 1. The Hall–Kier alpha value is -0.990. The molecule has 0 spiro atoms. The molecule has 3 nitrogen and oxygen atoms in total. The molecule has 1 saturated carbocycles. The molecule has 2 aliphatic carbocycles. The van der Waals surface area contributed by atoms with Gasteiger partial charge in [0.25, 0.3) is 0 Å². The highest BCUT2D eigenvalue weighted by Gasteiger charge is 2.36. The van der Waals surface area contributed by atoms with Crippen molar-refractivity contribution in [2.24, 2.45) is 11.8 Å². The summed E-state index contributed by atoms with van der Waals surface area (Å²) in [5, 5.41) is 2.84. The van der Waals surface area contributed by atoms with Crippen LogP contribution < -0.4 is 5.32 Å².